The van der Waals surface area contributed by atoms with Gasteiger partial charge in [0, 0.05) is 30.3 Å². The largest absolute Gasteiger partial charge is 0.467 e. The van der Waals surface area contributed by atoms with Crippen molar-refractivity contribution in [1.29, 1.82) is 0 Å². The lowest BCUT2D eigenvalue weighted by Crippen LogP contribution is -2.48. The van der Waals surface area contributed by atoms with Gasteiger partial charge in [-0.15, -0.1) is 13.2 Å². The third kappa shape index (κ3) is 6.63. The highest BCUT2D eigenvalue weighted by Crippen LogP contribution is 2.20. The van der Waals surface area contributed by atoms with Crippen LogP contribution in [-0.4, -0.2) is 48.9 Å². The van der Waals surface area contributed by atoms with E-state index in [0.29, 0.717) is 19.5 Å². The lowest BCUT2D eigenvalue weighted by Gasteiger charge is -2.33. The molecule has 4 heteroatoms. The summed E-state index contributed by atoms with van der Waals surface area (Å²) in [6.07, 6.45) is 4.31. The lowest BCUT2D eigenvalue weighted by atomic mass is 9.96. The first-order valence-electron chi connectivity index (χ1n) is 11.4. The van der Waals surface area contributed by atoms with E-state index in [-0.39, 0.29) is 12.0 Å². The molecule has 0 radical (unpaired) electrons. The Morgan fingerprint density at radius 1 is 0.853 bits per heavy atom. The third-order valence-electron chi connectivity index (χ3n) is 5.65. The molecule has 3 aromatic rings. The van der Waals surface area contributed by atoms with Gasteiger partial charge in [0.05, 0.1) is 12.8 Å². The van der Waals surface area contributed by atoms with E-state index in [1.807, 2.05) is 91.0 Å². The van der Waals surface area contributed by atoms with Crippen molar-refractivity contribution in [3.05, 3.63) is 133 Å². The van der Waals surface area contributed by atoms with Crippen LogP contribution < -0.4 is 0 Å². The molecule has 34 heavy (non-hydrogen) atoms. The summed E-state index contributed by atoms with van der Waals surface area (Å²) < 4.78 is 5.29. The maximum absolute atomic E-state index is 13.2. The quantitative estimate of drug-likeness (QED) is 0.211. The predicted octanol–water partition coefficient (Wildman–Crippen LogP) is 5.35. The average Bonchev–Trinajstić information content (AvgIpc) is 2.89. The zero-order chi connectivity index (χ0) is 24.2. The second-order valence-corrected chi connectivity index (χ2v) is 7.97. The van der Waals surface area contributed by atoms with Crippen LogP contribution in [0.1, 0.15) is 16.7 Å². The van der Waals surface area contributed by atoms with Crippen molar-refractivity contribution >= 4 is 11.7 Å². The normalized spacial score (nSPS) is 12.4. The van der Waals surface area contributed by atoms with Gasteiger partial charge in [0.25, 0.3) is 0 Å². The average molecular weight is 453 g/mol. The van der Waals surface area contributed by atoms with Gasteiger partial charge in [-0.1, -0.05) is 103 Å². The van der Waals surface area contributed by atoms with Gasteiger partial charge in [0.2, 0.25) is 0 Å². The summed E-state index contributed by atoms with van der Waals surface area (Å²) in [6, 6.07) is 29.0. The monoisotopic (exact) mass is 452 g/mol. The van der Waals surface area contributed by atoms with Crippen molar-refractivity contribution in [2.45, 2.75) is 18.5 Å². The van der Waals surface area contributed by atoms with Crippen LogP contribution in [0.4, 0.5) is 0 Å². The standard InChI is InChI=1S/C30H32N2O2/c1-4-21-32(22-5-2)27(23-24-15-9-6-10-16-24)29(30(33)34-3)31-28(25-17-11-7-12-18-25)26-19-13-8-14-20-26/h4-20,27,29H,1-2,21-23H2,3H3/t27-,29+/m1/s1. The number of methoxy groups -OCH3 is 1. The molecule has 0 aromatic heterocycles. The van der Waals surface area contributed by atoms with Gasteiger partial charge in [-0.25, -0.2) is 4.79 Å². The number of ether oxygens (including phenoxy) is 1. The fourth-order valence-corrected chi connectivity index (χ4v) is 4.04. The van der Waals surface area contributed by atoms with Crippen LogP contribution >= 0.6 is 0 Å². The Labute approximate surface area is 202 Å². The minimum absolute atomic E-state index is 0.256. The molecule has 0 unspecified atom stereocenters. The Morgan fingerprint density at radius 3 is 1.76 bits per heavy atom. The van der Waals surface area contributed by atoms with Crippen molar-refractivity contribution in [2.24, 2.45) is 4.99 Å². The molecule has 174 valence electrons. The number of esters is 1. The van der Waals surface area contributed by atoms with Crippen LogP contribution in [-0.2, 0) is 16.0 Å². The molecule has 0 spiro atoms. The Kier molecular flexibility index (Phi) is 9.56. The summed E-state index contributed by atoms with van der Waals surface area (Å²) in [5.74, 6) is -0.372. The molecular formula is C30H32N2O2. The second-order valence-electron chi connectivity index (χ2n) is 7.97. The van der Waals surface area contributed by atoms with Crippen molar-refractivity contribution in [2.75, 3.05) is 20.2 Å². The third-order valence-corrected chi connectivity index (χ3v) is 5.65. The molecule has 4 nitrogen and oxygen atoms in total. The highest BCUT2D eigenvalue weighted by atomic mass is 16.5. The number of hydrogen-bond donors (Lipinski definition) is 0. The molecule has 0 aliphatic heterocycles. The van der Waals surface area contributed by atoms with Crippen molar-refractivity contribution in [3.8, 4) is 0 Å². The van der Waals surface area contributed by atoms with Gasteiger partial charge in [-0.3, -0.25) is 9.89 Å². The molecule has 2 atom stereocenters. The van der Waals surface area contributed by atoms with E-state index in [1.54, 1.807) is 0 Å². The molecule has 0 amide bonds. The number of aliphatic imine (C=N–C) groups is 1. The zero-order valence-corrected chi connectivity index (χ0v) is 19.7. The molecule has 0 N–H and O–H groups in total. The maximum Gasteiger partial charge on any atom is 0.332 e. The summed E-state index contributed by atoms with van der Waals surface area (Å²) in [4.78, 5) is 20.5. The molecule has 0 bridgehead atoms. The van der Waals surface area contributed by atoms with E-state index in [9.17, 15) is 4.79 Å². The predicted molar refractivity (Wildman–Crippen MR) is 140 cm³/mol. The molecule has 0 saturated heterocycles. The number of rotatable bonds is 12. The minimum atomic E-state index is -0.750. The topological polar surface area (TPSA) is 41.9 Å². The number of carbonyl (C=O) groups excluding carboxylic acids is 1. The van der Waals surface area contributed by atoms with Crippen LogP contribution in [0, 0.1) is 0 Å². The fraction of sp³-hybridized carbons (Fsp3) is 0.200. The first-order valence-corrected chi connectivity index (χ1v) is 11.4. The first kappa shape index (κ1) is 24.9. The van der Waals surface area contributed by atoms with E-state index in [0.717, 1.165) is 22.4 Å². The van der Waals surface area contributed by atoms with Crippen LogP contribution in [0.2, 0.25) is 0 Å². The minimum Gasteiger partial charge on any atom is -0.467 e. The van der Waals surface area contributed by atoms with Gasteiger partial charge in [-0.2, -0.15) is 0 Å². The number of nitrogens with zero attached hydrogens (tertiary/aromatic N) is 2. The molecule has 3 aromatic carbocycles. The molecule has 3 rings (SSSR count). The fourth-order valence-electron chi connectivity index (χ4n) is 4.04. The summed E-state index contributed by atoms with van der Waals surface area (Å²) in [5, 5.41) is 0. The highest BCUT2D eigenvalue weighted by Gasteiger charge is 2.33. The second kappa shape index (κ2) is 13.1. The van der Waals surface area contributed by atoms with Crippen LogP contribution in [0.25, 0.3) is 0 Å². The highest BCUT2D eigenvalue weighted by molar-refractivity contribution is 6.13. The summed E-state index contributed by atoms with van der Waals surface area (Å²) in [5.41, 5.74) is 3.77. The van der Waals surface area contributed by atoms with Crippen molar-refractivity contribution in [1.82, 2.24) is 4.90 Å². The zero-order valence-electron chi connectivity index (χ0n) is 19.7. The molecule has 0 fully saturated rings. The first-order chi connectivity index (χ1) is 16.7. The van der Waals surface area contributed by atoms with Crippen LogP contribution in [0.3, 0.4) is 0 Å². The van der Waals surface area contributed by atoms with Crippen LogP contribution in [0.5, 0.6) is 0 Å². The molecular weight excluding hydrogens is 420 g/mol. The molecule has 0 saturated carbocycles. The van der Waals surface area contributed by atoms with Gasteiger partial charge >= 0.3 is 5.97 Å². The van der Waals surface area contributed by atoms with Crippen LogP contribution in [0.15, 0.2) is 121 Å². The van der Waals surface area contributed by atoms with E-state index < -0.39 is 6.04 Å². The Balaban J connectivity index is 2.17. The van der Waals surface area contributed by atoms with E-state index in [4.69, 9.17) is 9.73 Å². The van der Waals surface area contributed by atoms with E-state index in [1.165, 1.54) is 7.11 Å². The number of carbonyl (C=O) groups is 1. The molecule has 0 aliphatic carbocycles. The van der Waals surface area contributed by atoms with E-state index in [2.05, 4.69) is 30.2 Å². The summed E-state index contributed by atoms with van der Waals surface area (Å²) in [7, 11) is 1.42. The molecule has 0 heterocycles. The SMILES string of the molecule is C=CCN(CC=C)[C@H](Cc1ccccc1)[C@H](N=C(c1ccccc1)c1ccccc1)C(=O)OC. The maximum atomic E-state index is 13.2. The molecule has 0 aliphatic rings. The lowest BCUT2D eigenvalue weighted by molar-refractivity contribution is -0.143. The summed E-state index contributed by atoms with van der Waals surface area (Å²) >= 11 is 0. The Hall–Kier alpha value is -3.76. The van der Waals surface area contributed by atoms with Gasteiger partial charge in [0.15, 0.2) is 6.04 Å². The number of benzene rings is 3. The smallest absolute Gasteiger partial charge is 0.332 e. The number of hydrogen-bond acceptors (Lipinski definition) is 4. The van der Waals surface area contributed by atoms with Gasteiger partial charge in [0.1, 0.15) is 0 Å². The van der Waals surface area contributed by atoms with Gasteiger partial charge < -0.3 is 4.74 Å². The Morgan fingerprint density at radius 2 is 1.32 bits per heavy atom. The summed E-state index contributed by atoms with van der Waals surface area (Å²) in [6.45, 7) is 9.04. The van der Waals surface area contributed by atoms with Crippen molar-refractivity contribution < 1.29 is 9.53 Å². The Bertz CT molecular complexity index is 1030. The van der Waals surface area contributed by atoms with Gasteiger partial charge in [-0.05, 0) is 12.0 Å². The van der Waals surface area contributed by atoms with E-state index >= 15 is 0 Å². The van der Waals surface area contributed by atoms with Crippen molar-refractivity contribution in [3.63, 3.8) is 0 Å².